The number of hydrogen-bond donors (Lipinski definition) is 1. The molecule has 0 bridgehead atoms. The molecule has 3 heterocycles. The van der Waals surface area contributed by atoms with Gasteiger partial charge in [-0.2, -0.15) is 0 Å². The lowest BCUT2D eigenvalue weighted by Gasteiger charge is -2.42. The Bertz CT molecular complexity index is 1490. The number of benzene rings is 2. The van der Waals surface area contributed by atoms with E-state index in [9.17, 15) is 13.2 Å². The maximum atomic E-state index is 13.5. The Labute approximate surface area is 219 Å². The summed E-state index contributed by atoms with van der Waals surface area (Å²) in [7, 11) is -3.70. The smallest absolute Gasteiger partial charge is 0.263 e. The van der Waals surface area contributed by atoms with Crippen LogP contribution < -0.4 is 9.62 Å². The van der Waals surface area contributed by atoms with Gasteiger partial charge in [0.05, 0.1) is 15.4 Å². The molecular formula is C25H26ClN5O3S2. The highest BCUT2D eigenvalue weighted by Gasteiger charge is 2.31. The predicted molar refractivity (Wildman–Crippen MR) is 144 cm³/mol. The zero-order valence-corrected chi connectivity index (χ0v) is 22.2. The van der Waals surface area contributed by atoms with Gasteiger partial charge in [0.25, 0.3) is 10.0 Å². The third kappa shape index (κ3) is 4.68. The molecule has 2 aromatic heterocycles. The van der Waals surface area contributed by atoms with E-state index in [-0.39, 0.29) is 22.9 Å². The molecule has 1 amide bonds. The number of fused-ring (bicyclic) bond motifs is 1. The van der Waals surface area contributed by atoms with Crippen LogP contribution in [0.25, 0.3) is 10.9 Å². The number of carbonyl (C=O) groups excluding carboxylic acids is 1. The Kier molecular flexibility index (Phi) is 6.67. The summed E-state index contributed by atoms with van der Waals surface area (Å²) < 4.78 is 29.6. The molecule has 36 heavy (non-hydrogen) atoms. The van der Waals surface area contributed by atoms with Crippen LogP contribution in [0.3, 0.4) is 0 Å². The molecule has 0 aliphatic carbocycles. The second kappa shape index (κ2) is 9.76. The first-order valence-electron chi connectivity index (χ1n) is 11.6. The van der Waals surface area contributed by atoms with Crippen molar-refractivity contribution < 1.29 is 13.2 Å². The summed E-state index contributed by atoms with van der Waals surface area (Å²) in [6.45, 7) is 5.81. The van der Waals surface area contributed by atoms with Crippen LogP contribution in [0.5, 0.6) is 0 Å². The lowest BCUT2D eigenvalue weighted by atomic mass is 10.1. The van der Waals surface area contributed by atoms with Crippen LogP contribution in [0.1, 0.15) is 19.9 Å². The Hall–Kier alpha value is -3.08. The van der Waals surface area contributed by atoms with Crippen molar-refractivity contribution in [1.82, 2.24) is 14.5 Å². The number of anilines is 2. The molecule has 1 fully saturated rings. The number of carbonyl (C=O) groups is 1. The van der Waals surface area contributed by atoms with Crippen molar-refractivity contribution in [3.8, 4) is 0 Å². The summed E-state index contributed by atoms with van der Waals surface area (Å²) in [5.41, 5.74) is 1.78. The van der Waals surface area contributed by atoms with E-state index >= 15 is 0 Å². The molecule has 8 nitrogen and oxygen atoms in total. The zero-order chi connectivity index (χ0) is 25.4. The minimum atomic E-state index is -3.70. The summed E-state index contributed by atoms with van der Waals surface area (Å²) in [6, 6.07) is 14.1. The fraction of sp³-hybridized carbons (Fsp3) is 0.280. The van der Waals surface area contributed by atoms with Gasteiger partial charge in [-0.25, -0.2) is 13.4 Å². The van der Waals surface area contributed by atoms with E-state index in [0.717, 1.165) is 16.6 Å². The molecule has 0 spiro atoms. The molecule has 1 aliphatic rings. The first-order valence-corrected chi connectivity index (χ1v) is 14.3. The fourth-order valence-electron chi connectivity index (χ4n) is 4.66. The number of amides is 1. The van der Waals surface area contributed by atoms with Crippen LogP contribution in [-0.4, -0.2) is 54.5 Å². The van der Waals surface area contributed by atoms with Gasteiger partial charge in [-0.05, 0) is 50.2 Å². The minimum absolute atomic E-state index is 0.0130. The van der Waals surface area contributed by atoms with Crippen molar-refractivity contribution in [1.29, 1.82) is 0 Å². The quantitative estimate of drug-likeness (QED) is 0.375. The number of hydrogen-bond acceptors (Lipinski definition) is 6. The van der Waals surface area contributed by atoms with Crippen molar-refractivity contribution in [3.05, 3.63) is 71.3 Å². The minimum Gasteiger partial charge on any atom is -0.368 e. The molecular weight excluding hydrogens is 518 g/mol. The molecule has 2 unspecified atom stereocenters. The highest BCUT2D eigenvalue weighted by atomic mass is 35.5. The van der Waals surface area contributed by atoms with Crippen LogP contribution in [0.4, 0.5) is 10.8 Å². The Morgan fingerprint density at radius 1 is 1.17 bits per heavy atom. The molecule has 1 saturated heterocycles. The SMILES string of the molecule is CC1CN(c2ccc(S(=O)(=O)Nc3nccs3)cc2)CCN1C(=O)C(C)n1ccc2cccc(Cl)c21. The van der Waals surface area contributed by atoms with E-state index in [0.29, 0.717) is 29.8 Å². The molecule has 2 aromatic carbocycles. The summed E-state index contributed by atoms with van der Waals surface area (Å²) in [5, 5.41) is 3.68. The maximum Gasteiger partial charge on any atom is 0.263 e. The number of halogens is 1. The predicted octanol–water partition coefficient (Wildman–Crippen LogP) is 4.85. The molecule has 2 atom stereocenters. The largest absolute Gasteiger partial charge is 0.368 e. The topological polar surface area (TPSA) is 87.5 Å². The molecule has 4 aromatic rings. The van der Waals surface area contributed by atoms with Crippen molar-refractivity contribution in [2.75, 3.05) is 29.3 Å². The van der Waals surface area contributed by atoms with Gasteiger partial charge in [-0.1, -0.05) is 23.7 Å². The Morgan fingerprint density at radius 3 is 2.64 bits per heavy atom. The monoisotopic (exact) mass is 543 g/mol. The van der Waals surface area contributed by atoms with Crippen molar-refractivity contribution >= 4 is 60.6 Å². The van der Waals surface area contributed by atoms with Crippen molar-refractivity contribution in [2.45, 2.75) is 30.8 Å². The summed E-state index contributed by atoms with van der Waals surface area (Å²) in [4.78, 5) is 21.7. The van der Waals surface area contributed by atoms with Gasteiger partial charge in [0.1, 0.15) is 6.04 Å². The maximum absolute atomic E-state index is 13.5. The normalized spacial score (nSPS) is 17.4. The Morgan fingerprint density at radius 2 is 1.94 bits per heavy atom. The van der Waals surface area contributed by atoms with Gasteiger partial charge in [0, 0.05) is 54.5 Å². The first-order chi connectivity index (χ1) is 17.2. The third-order valence-electron chi connectivity index (χ3n) is 6.54. The van der Waals surface area contributed by atoms with Gasteiger partial charge < -0.3 is 14.4 Å². The summed E-state index contributed by atoms with van der Waals surface area (Å²) in [6.07, 6.45) is 3.47. The van der Waals surface area contributed by atoms with Gasteiger partial charge in [0.2, 0.25) is 5.91 Å². The number of piperazine rings is 1. The average Bonchev–Trinajstić information content (AvgIpc) is 3.53. The average molecular weight is 544 g/mol. The van der Waals surface area contributed by atoms with Crippen LogP contribution >= 0.6 is 22.9 Å². The van der Waals surface area contributed by atoms with Crippen LogP contribution in [-0.2, 0) is 14.8 Å². The number of para-hydroxylation sites is 1. The Balaban J connectivity index is 1.26. The van der Waals surface area contributed by atoms with Gasteiger partial charge in [0.15, 0.2) is 5.13 Å². The van der Waals surface area contributed by atoms with E-state index in [1.165, 1.54) is 11.3 Å². The molecule has 1 N–H and O–H groups in total. The molecule has 0 radical (unpaired) electrons. The zero-order valence-electron chi connectivity index (χ0n) is 19.8. The number of sulfonamides is 1. The first kappa shape index (κ1) is 24.6. The lowest BCUT2D eigenvalue weighted by molar-refractivity contribution is -0.136. The van der Waals surface area contributed by atoms with Gasteiger partial charge in [-0.15, -0.1) is 11.3 Å². The van der Waals surface area contributed by atoms with Crippen molar-refractivity contribution in [3.63, 3.8) is 0 Å². The molecule has 11 heteroatoms. The van der Waals surface area contributed by atoms with Crippen LogP contribution in [0.15, 0.2) is 71.2 Å². The van der Waals surface area contributed by atoms with Crippen LogP contribution in [0, 0.1) is 0 Å². The number of aromatic nitrogens is 2. The standard InChI is InChI=1S/C25H26ClN5O3S2/c1-17-16-29(20-6-8-21(9-7-20)36(33,34)28-25-27-11-15-35-25)13-14-30(17)24(32)18(2)31-12-10-19-4-3-5-22(26)23(19)31/h3-12,15,17-18H,13-14,16H2,1-2H3,(H,27,28). The number of nitrogens with zero attached hydrogens (tertiary/aromatic N) is 4. The fourth-order valence-corrected chi connectivity index (χ4v) is 6.73. The van der Waals surface area contributed by atoms with E-state index in [1.807, 2.05) is 53.8 Å². The van der Waals surface area contributed by atoms with Crippen molar-refractivity contribution in [2.24, 2.45) is 0 Å². The number of thiazole rings is 1. The lowest BCUT2D eigenvalue weighted by Crippen LogP contribution is -2.55. The molecule has 1 aliphatic heterocycles. The number of nitrogens with one attached hydrogen (secondary N) is 1. The summed E-state index contributed by atoms with van der Waals surface area (Å²) >= 11 is 7.66. The highest BCUT2D eigenvalue weighted by molar-refractivity contribution is 7.93. The summed E-state index contributed by atoms with van der Waals surface area (Å²) in [5.74, 6) is 0.0503. The van der Waals surface area contributed by atoms with Gasteiger partial charge in [-0.3, -0.25) is 9.52 Å². The van der Waals surface area contributed by atoms with E-state index in [1.54, 1.807) is 35.8 Å². The molecule has 0 saturated carbocycles. The van der Waals surface area contributed by atoms with Gasteiger partial charge >= 0.3 is 0 Å². The molecule has 5 rings (SSSR count). The highest BCUT2D eigenvalue weighted by Crippen LogP contribution is 2.29. The van der Waals surface area contributed by atoms with Crippen LogP contribution in [0.2, 0.25) is 5.02 Å². The second-order valence-corrected chi connectivity index (χ2v) is 11.8. The van der Waals surface area contributed by atoms with E-state index < -0.39 is 10.0 Å². The van der Waals surface area contributed by atoms with E-state index in [2.05, 4.69) is 14.6 Å². The number of rotatable bonds is 6. The second-order valence-electron chi connectivity index (χ2n) is 8.84. The van der Waals surface area contributed by atoms with E-state index in [4.69, 9.17) is 11.6 Å². The third-order valence-corrected chi connectivity index (χ3v) is 9.02. The molecule has 188 valence electrons.